The minimum Gasteiger partial charge on any atom is -0.381 e. The Hall–Kier alpha value is -4.51. The van der Waals surface area contributed by atoms with Gasteiger partial charge in [0.2, 0.25) is 12.3 Å². The van der Waals surface area contributed by atoms with E-state index >= 15 is 0 Å². The van der Waals surface area contributed by atoms with Crippen LogP contribution in [0.1, 0.15) is 42.1 Å². The molecule has 3 aliphatic rings. The van der Waals surface area contributed by atoms with Gasteiger partial charge in [-0.15, -0.1) is 0 Å². The largest absolute Gasteiger partial charge is 0.381 e. The number of amidine groups is 1. The molecule has 40 heavy (non-hydrogen) atoms. The number of anilines is 2. The summed E-state index contributed by atoms with van der Waals surface area (Å²) in [6.45, 7) is 2.80. The summed E-state index contributed by atoms with van der Waals surface area (Å²) in [6, 6.07) is 11.1. The number of fused-ring (bicyclic) bond motifs is 1. The number of hydrogen-bond acceptors (Lipinski definition) is 8. The Bertz CT molecular complexity index is 1500. The zero-order valence-electron chi connectivity index (χ0n) is 22.1. The molecular formula is C29H29N7O4. The Kier molecular flexibility index (Phi) is 6.59. The number of amides is 3. The van der Waals surface area contributed by atoms with Gasteiger partial charge in [-0.1, -0.05) is 19.1 Å². The van der Waals surface area contributed by atoms with Crippen molar-refractivity contribution in [1.29, 1.82) is 0 Å². The molecule has 0 aromatic carbocycles. The summed E-state index contributed by atoms with van der Waals surface area (Å²) in [6.07, 6.45) is 8.04. The van der Waals surface area contributed by atoms with E-state index in [2.05, 4.69) is 32.5 Å². The first-order valence-electron chi connectivity index (χ1n) is 13.3. The van der Waals surface area contributed by atoms with Crippen molar-refractivity contribution in [2.75, 3.05) is 30.4 Å². The van der Waals surface area contributed by atoms with Crippen LogP contribution < -0.4 is 10.6 Å². The van der Waals surface area contributed by atoms with Crippen LogP contribution in [0.3, 0.4) is 0 Å². The third kappa shape index (κ3) is 4.62. The number of aromatic nitrogens is 3. The average Bonchev–Trinajstić information content (AvgIpc) is 3.44. The number of pyridine rings is 3. The monoisotopic (exact) mass is 539 g/mol. The molecule has 3 aromatic heterocycles. The van der Waals surface area contributed by atoms with Crippen molar-refractivity contribution in [3.8, 4) is 0 Å². The average molecular weight is 540 g/mol. The first kappa shape index (κ1) is 25.8. The van der Waals surface area contributed by atoms with Gasteiger partial charge in [-0.05, 0) is 48.2 Å². The molecule has 1 atom stereocenters. The van der Waals surface area contributed by atoms with Crippen LogP contribution in [0.2, 0.25) is 0 Å². The number of nitrogens with zero attached hydrogens (tertiary/aromatic N) is 5. The number of carbonyl (C=O) groups is 3. The summed E-state index contributed by atoms with van der Waals surface area (Å²) in [5.74, 6) is 0.766. The number of ether oxygens (including phenoxy) is 1. The van der Waals surface area contributed by atoms with Gasteiger partial charge in [0.25, 0.3) is 5.91 Å². The van der Waals surface area contributed by atoms with Gasteiger partial charge in [-0.2, -0.15) is 0 Å². The summed E-state index contributed by atoms with van der Waals surface area (Å²) in [5, 5.41) is 5.57. The molecule has 11 heteroatoms. The molecule has 3 aromatic rings. The molecule has 0 saturated carbocycles. The van der Waals surface area contributed by atoms with Crippen molar-refractivity contribution < 1.29 is 19.1 Å². The van der Waals surface area contributed by atoms with E-state index in [1.54, 1.807) is 30.7 Å². The number of rotatable bonds is 7. The molecule has 3 amide bonds. The zero-order chi connectivity index (χ0) is 27.7. The van der Waals surface area contributed by atoms with E-state index in [0.717, 1.165) is 23.1 Å². The molecule has 204 valence electrons. The fraction of sp³-hybridized carbons (Fsp3) is 0.345. The molecular weight excluding hydrogens is 510 g/mol. The van der Waals surface area contributed by atoms with Crippen LogP contribution in [0.4, 0.5) is 11.6 Å². The minimum absolute atomic E-state index is 0.205. The van der Waals surface area contributed by atoms with Gasteiger partial charge in [0, 0.05) is 55.6 Å². The molecule has 2 aliphatic heterocycles. The van der Waals surface area contributed by atoms with Gasteiger partial charge in [-0.25, -0.2) is 15.0 Å². The lowest BCUT2D eigenvalue weighted by Crippen LogP contribution is -2.48. The summed E-state index contributed by atoms with van der Waals surface area (Å²) in [4.78, 5) is 57.3. The standard InChI is InChI=1S/C29H29N7O4/c1-28(21-5-4-10-31-25(21)33-18-37)14-19-13-23(32-16-20(19)15-28)34-24(38)17-36-26(22-6-2-3-9-30-22)35-29(27(36)39)7-11-40-12-8-29/h2-6,9-10,13,16,18H,7-8,11-12,14-15,17H2,1H3,(H,31,33,37)(H,32,34,38)/t28-/m1/s1. The van der Waals surface area contributed by atoms with E-state index in [-0.39, 0.29) is 23.8 Å². The third-order valence-corrected chi connectivity index (χ3v) is 7.90. The second kappa shape index (κ2) is 10.2. The maximum absolute atomic E-state index is 13.6. The van der Waals surface area contributed by atoms with Gasteiger partial charge < -0.3 is 15.4 Å². The van der Waals surface area contributed by atoms with E-state index in [1.807, 2.05) is 24.3 Å². The van der Waals surface area contributed by atoms with Crippen LogP contribution >= 0.6 is 0 Å². The van der Waals surface area contributed by atoms with Crippen molar-refractivity contribution >= 4 is 35.7 Å². The van der Waals surface area contributed by atoms with E-state index < -0.39 is 5.54 Å². The summed E-state index contributed by atoms with van der Waals surface area (Å²) in [5.41, 5.74) is 2.40. The van der Waals surface area contributed by atoms with Gasteiger partial charge >= 0.3 is 0 Å². The number of aliphatic imine (C=N–C) groups is 1. The Morgan fingerprint density at radius 1 is 1.07 bits per heavy atom. The van der Waals surface area contributed by atoms with Crippen molar-refractivity contribution in [1.82, 2.24) is 19.9 Å². The highest BCUT2D eigenvalue weighted by molar-refractivity contribution is 6.16. The first-order valence-corrected chi connectivity index (χ1v) is 13.3. The van der Waals surface area contributed by atoms with Crippen molar-refractivity contribution in [2.45, 2.75) is 43.6 Å². The molecule has 0 unspecified atom stereocenters. The second-order valence-electron chi connectivity index (χ2n) is 10.6. The van der Waals surface area contributed by atoms with Crippen LogP contribution in [-0.2, 0) is 37.4 Å². The van der Waals surface area contributed by atoms with Gasteiger partial charge in [0.1, 0.15) is 29.4 Å². The predicted molar refractivity (Wildman–Crippen MR) is 147 cm³/mol. The number of nitrogens with one attached hydrogen (secondary N) is 2. The van der Waals surface area contributed by atoms with Crippen molar-refractivity contribution in [3.05, 3.63) is 77.4 Å². The quantitative estimate of drug-likeness (QED) is 0.439. The van der Waals surface area contributed by atoms with Crippen LogP contribution in [0, 0.1) is 0 Å². The highest BCUT2D eigenvalue weighted by Crippen LogP contribution is 2.42. The minimum atomic E-state index is -0.925. The predicted octanol–water partition coefficient (Wildman–Crippen LogP) is 2.27. The number of carbonyl (C=O) groups excluding carboxylic acids is 3. The second-order valence-corrected chi connectivity index (χ2v) is 10.6. The Morgan fingerprint density at radius 3 is 2.65 bits per heavy atom. The van der Waals surface area contributed by atoms with Gasteiger partial charge in [0.05, 0.1) is 0 Å². The van der Waals surface area contributed by atoms with Crippen LogP contribution in [0.5, 0.6) is 0 Å². The lowest BCUT2D eigenvalue weighted by atomic mass is 9.80. The molecule has 0 radical (unpaired) electrons. The molecule has 1 saturated heterocycles. The smallest absolute Gasteiger partial charge is 0.256 e. The zero-order valence-corrected chi connectivity index (χ0v) is 22.1. The first-order chi connectivity index (χ1) is 19.4. The SMILES string of the molecule is C[C@]1(c2cccnc2NC=O)Cc2cnc(NC(=O)CN3C(=O)C4(CCOCC4)N=C3c3ccccn3)cc2C1. The van der Waals surface area contributed by atoms with Crippen LogP contribution in [-0.4, -0.2) is 69.2 Å². The Morgan fingerprint density at radius 2 is 1.88 bits per heavy atom. The van der Waals surface area contributed by atoms with Crippen LogP contribution in [0.15, 0.2) is 60.0 Å². The van der Waals surface area contributed by atoms with Crippen molar-refractivity contribution in [2.24, 2.45) is 4.99 Å². The topological polar surface area (TPSA) is 139 Å². The Balaban J connectivity index is 1.19. The molecule has 11 nitrogen and oxygen atoms in total. The van der Waals surface area contributed by atoms with E-state index in [0.29, 0.717) is 62.1 Å². The third-order valence-electron chi connectivity index (χ3n) is 7.90. The van der Waals surface area contributed by atoms with Crippen LogP contribution in [0.25, 0.3) is 0 Å². The molecule has 6 rings (SSSR count). The van der Waals surface area contributed by atoms with Gasteiger partial charge in [-0.3, -0.25) is 24.3 Å². The van der Waals surface area contributed by atoms with E-state index in [1.165, 1.54) is 4.90 Å². The molecule has 0 bridgehead atoms. The van der Waals surface area contributed by atoms with E-state index in [9.17, 15) is 14.4 Å². The fourth-order valence-electron chi connectivity index (χ4n) is 5.93. The lowest BCUT2D eigenvalue weighted by molar-refractivity contribution is -0.136. The normalized spacial score (nSPS) is 21.2. The summed E-state index contributed by atoms with van der Waals surface area (Å²) < 4.78 is 5.47. The fourth-order valence-corrected chi connectivity index (χ4v) is 5.93. The number of hydrogen-bond donors (Lipinski definition) is 2. The molecule has 1 spiro atoms. The highest BCUT2D eigenvalue weighted by atomic mass is 16.5. The Labute approximate surface area is 231 Å². The van der Waals surface area contributed by atoms with Crippen molar-refractivity contribution in [3.63, 3.8) is 0 Å². The summed E-state index contributed by atoms with van der Waals surface area (Å²) >= 11 is 0. The molecule has 1 fully saturated rings. The highest BCUT2D eigenvalue weighted by Gasteiger charge is 2.50. The maximum Gasteiger partial charge on any atom is 0.256 e. The molecule has 1 aliphatic carbocycles. The maximum atomic E-state index is 13.6. The van der Waals surface area contributed by atoms with Gasteiger partial charge in [0.15, 0.2) is 5.84 Å². The summed E-state index contributed by atoms with van der Waals surface area (Å²) in [7, 11) is 0. The molecule has 2 N–H and O–H groups in total. The van der Waals surface area contributed by atoms with E-state index in [4.69, 9.17) is 9.73 Å². The lowest BCUT2D eigenvalue weighted by Gasteiger charge is -2.29. The molecule has 5 heterocycles.